The molecule has 0 amide bonds. The average Bonchev–Trinajstić information content (AvgIpc) is 2.82. The Hall–Kier alpha value is -0.290. The molecule has 1 saturated heterocycles. The topological polar surface area (TPSA) is 136 Å². The lowest BCUT2D eigenvalue weighted by atomic mass is 10.1. The molecule has 0 radical (unpaired) electrons. The monoisotopic (exact) mass is 355 g/mol. The van der Waals surface area contributed by atoms with Crippen LogP contribution in [0.5, 0.6) is 0 Å². The maximum absolute atomic E-state index is 12.1. The highest BCUT2D eigenvalue weighted by atomic mass is 32.2. The molecule has 0 aromatic carbocycles. The van der Waals surface area contributed by atoms with Gasteiger partial charge >= 0.3 is 0 Å². The van der Waals surface area contributed by atoms with Gasteiger partial charge in [0.2, 0.25) is 15.5 Å². The smallest absolute Gasteiger partial charge is 0.241 e. The van der Waals surface area contributed by atoms with Crippen molar-refractivity contribution in [3.63, 3.8) is 0 Å². The molecule has 138 valence electrons. The van der Waals surface area contributed by atoms with Crippen LogP contribution < -0.4 is 4.72 Å². The van der Waals surface area contributed by atoms with Gasteiger partial charge in [0.05, 0.1) is 6.61 Å². The predicted octanol–water partition coefficient (Wildman–Crippen LogP) is -0.934. The highest BCUT2D eigenvalue weighted by Gasteiger charge is 2.51. The van der Waals surface area contributed by atoms with Gasteiger partial charge in [0.1, 0.15) is 24.4 Å². The minimum atomic E-state index is -3.99. The number of aliphatic hydroxyl groups excluding tert-OH is 4. The van der Waals surface area contributed by atoms with Crippen LogP contribution in [0.1, 0.15) is 45.4 Å². The summed E-state index contributed by atoms with van der Waals surface area (Å²) in [5.41, 5.74) is -1.66. The number of unbranched alkanes of at least 4 members (excludes halogenated alkanes) is 5. The molecule has 0 aromatic heterocycles. The van der Waals surface area contributed by atoms with E-state index in [1.165, 1.54) is 6.42 Å². The summed E-state index contributed by atoms with van der Waals surface area (Å²) in [5, 5.41) is 37.9. The normalized spacial score (nSPS) is 29.8. The average molecular weight is 355 g/mol. The van der Waals surface area contributed by atoms with Crippen molar-refractivity contribution in [2.24, 2.45) is 0 Å². The van der Waals surface area contributed by atoms with Crippen molar-refractivity contribution in [3.05, 3.63) is 0 Å². The zero-order valence-electron chi connectivity index (χ0n) is 13.5. The Morgan fingerprint density at radius 3 is 2.30 bits per heavy atom. The van der Waals surface area contributed by atoms with Crippen LogP contribution >= 0.6 is 0 Å². The molecule has 5 N–H and O–H groups in total. The van der Waals surface area contributed by atoms with E-state index in [0.29, 0.717) is 6.42 Å². The summed E-state index contributed by atoms with van der Waals surface area (Å²) in [4.78, 5) is 0. The molecule has 8 nitrogen and oxygen atoms in total. The highest BCUT2D eigenvalue weighted by Crippen LogP contribution is 2.26. The summed E-state index contributed by atoms with van der Waals surface area (Å²) in [7, 11) is -3.99. The van der Waals surface area contributed by atoms with E-state index in [-0.39, 0.29) is 6.54 Å². The van der Waals surface area contributed by atoms with Gasteiger partial charge in [0.15, 0.2) is 0 Å². The van der Waals surface area contributed by atoms with Crippen molar-refractivity contribution in [3.8, 4) is 0 Å². The Morgan fingerprint density at radius 1 is 1.09 bits per heavy atom. The van der Waals surface area contributed by atoms with Gasteiger partial charge in [0, 0.05) is 6.54 Å². The lowest BCUT2D eigenvalue weighted by molar-refractivity contribution is -0.0721. The minimum Gasteiger partial charge on any atom is -0.394 e. The van der Waals surface area contributed by atoms with Gasteiger partial charge in [-0.25, -0.2) is 13.1 Å². The molecule has 0 saturated carbocycles. The van der Waals surface area contributed by atoms with Crippen LogP contribution in [0.15, 0.2) is 0 Å². The first-order valence-electron chi connectivity index (χ1n) is 8.14. The number of ether oxygens (including phenoxy) is 1. The van der Waals surface area contributed by atoms with Crippen LogP contribution in [0.3, 0.4) is 0 Å². The Balaban J connectivity index is 2.44. The predicted molar refractivity (Wildman–Crippen MR) is 84.1 cm³/mol. The Kier molecular flexibility index (Phi) is 8.91. The van der Waals surface area contributed by atoms with Crippen molar-refractivity contribution in [1.82, 2.24) is 4.72 Å². The number of rotatable bonds is 11. The first-order valence-corrected chi connectivity index (χ1v) is 9.68. The van der Waals surface area contributed by atoms with Crippen LogP contribution in [-0.2, 0) is 14.8 Å². The molecule has 1 aliphatic rings. The van der Waals surface area contributed by atoms with Crippen molar-refractivity contribution in [1.29, 1.82) is 0 Å². The highest BCUT2D eigenvalue weighted by molar-refractivity contribution is 7.90. The van der Waals surface area contributed by atoms with E-state index in [0.717, 1.165) is 25.7 Å². The van der Waals surface area contributed by atoms with Gasteiger partial charge in [-0.3, -0.25) is 0 Å². The fourth-order valence-corrected chi connectivity index (χ4v) is 3.95. The third-order valence-corrected chi connectivity index (χ3v) is 5.57. The summed E-state index contributed by atoms with van der Waals surface area (Å²) in [5.74, 6) is 0. The summed E-state index contributed by atoms with van der Waals surface area (Å²) >= 11 is 0. The van der Waals surface area contributed by atoms with Crippen LogP contribution in [0, 0.1) is 0 Å². The number of nitrogens with one attached hydrogen (secondary N) is 1. The van der Waals surface area contributed by atoms with E-state index in [2.05, 4.69) is 11.6 Å². The molecule has 0 aromatic rings. The van der Waals surface area contributed by atoms with Crippen LogP contribution in [-0.4, -0.2) is 71.8 Å². The van der Waals surface area contributed by atoms with Crippen molar-refractivity contribution in [2.75, 3.05) is 13.2 Å². The van der Waals surface area contributed by atoms with Crippen LogP contribution in [0.25, 0.3) is 0 Å². The van der Waals surface area contributed by atoms with Crippen molar-refractivity contribution >= 4 is 10.0 Å². The first-order chi connectivity index (χ1) is 10.8. The number of aliphatic hydroxyl groups is 4. The summed E-state index contributed by atoms with van der Waals surface area (Å²) in [6.45, 7) is 1.65. The molecular weight excluding hydrogens is 326 g/mol. The van der Waals surface area contributed by atoms with Crippen LogP contribution in [0.2, 0.25) is 0 Å². The van der Waals surface area contributed by atoms with Gasteiger partial charge < -0.3 is 25.2 Å². The van der Waals surface area contributed by atoms with Crippen LogP contribution in [0.4, 0.5) is 0 Å². The van der Waals surface area contributed by atoms with Gasteiger partial charge in [-0.1, -0.05) is 39.0 Å². The molecule has 23 heavy (non-hydrogen) atoms. The Bertz CT molecular complexity index is 431. The second-order valence-corrected chi connectivity index (χ2v) is 7.75. The largest absolute Gasteiger partial charge is 0.394 e. The molecule has 0 bridgehead atoms. The molecule has 1 fully saturated rings. The number of hydrogen-bond acceptors (Lipinski definition) is 7. The van der Waals surface area contributed by atoms with E-state index in [1.54, 1.807) is 0 Å². The van der Waals surface area contributed by atoms with E-state index in [4.69, 9.17) is 9.84 Å². The minimum absolute atomic E-state index is 0.227. The molecule has 5 atom stereocenters. The summed E-state index contributed by atoms with van der Waals surface area (Å²) in [6.07, 6.45) is 0.0113. The standard InChI is InChI=1S/C14H29NO7S/c1-2-3-4-5-6-7-8-15-23(20,21)14-12(19)11(18)13(22-14)10(17)9-16/h10-19H,2-9H2,1H3/t10-,11-,12-,13-,14+/m1/s1. The summed E-state index contributed by atoms with van der Waals surface area (Å²) < 4.78 is 31.7. The van der Waals surface area contributed by atoms with Gasteiger partial charge in [0.25, 0.3) is 0 Å². The molecule has 1 heterocycles. The second kappa shape index (κ2) is 9.87. The van der Waals surface area contributed by atoms with Crippen molar-refractivity contribution in [2.45, 2.75) is 75.3 Å². The third kappa shape index (κ3) is 5.93. The van der Waals surface area contributed by atoms with E-state index < -0.39 is 46.5 Å². The fraction of sp³-hybridized carbons (Fsp3) is 1.00. The molecule has 1 rings (SSSR count). The Morgan fingerprint density at radius 2 is 1.70 bits per heavy atom. The molecule has 0 aliphatic carbocycles. The first kappa shape index (κ1) is 20.8. The molecule has 9 heteroatoms. The Labute approximate surface area is 137 Å². The fourth-order valence-electron chi connectivity index (χ4n) is 2.55. The van der Waals surface area contributed by atoms with Crippen molar-refractivity contribution < 1.29 is 33.6 Å². The van der Waals surface area contributed by atoms with E-state index in [1.807, 2.05) is 0 Å². The van der Waals surface area contributed by atoms with Gasteiger partial charge in [-0.05, 0) is 6.42 Å². The van der Waals surface area contributed by atoms with E-state index >= 15 is 0 Å². The zero-order valence-corrected chi connectivity index (χ0v) is 14.3. The molecule has 0 spiro atoms. The maximum atomic E-state index is 12.1. The van der Waals surface area contributed by atoms with Gasteiger partial charge in [-0.2, -0.15) is 0 Å². The quantitative estimate of drug-likeness (QED) is 0.302. The number of hydrogen-bond donors (Lipinski definition) is 5. The SMILES string of the molecule is CCCCCCCCNS(=O)(=O)[C@@H]1O[C@H]([C@H](O)CO)[C@H](O)[C@H]1O. The summed E-state index contributed by atoms with van der Waals surface area (Å²) in [6, 6.07) is 0. The lowest BCUT2D eigenvalue weighted by Gasteiger charge is -2.18. The molecule has 1 aliphatic heterocycles. The molecule has 0 unspecified atom stereocenters. The zero-order chi connectivity index (χ0) is 17.5. The third-order valence-electron chi connectivity index (χ3n) is 3.96. The lowest BCUT2D eigenvalue weighted by Crippen LogP contribution is -2.43. The van der Waals surface area contributed by atoms with Gasteiger partial charge in [-0.15, -0.1) is 0 Å². The maximum Gasteiger partial charge on any atom is 0.241 e. The van der Waals surface area contributed by atoms with E-state index in [9.17, 15) is 23.7 Å². The second-order valence-electron chi connectivity index (χ2n) is 5.91. The molecular formula is C14H29NO7S. The number of sulfonamides is 1.